The quantitative estimate of drug-likeness (QED) is 0.827. The van der Waals surface area contributed by atoms with Gasteiger partial charge in [-0.15, -0.1) is 0 Å². The van der Waals surface area contributed by atoms with Crippen molar-refractivity contribution in [1.82, 2.24) is 9.80 Å². The molecule has 2 fully saturated rings. The molecule has 0 amide bonds. The van der Waals surface area contributed by atoms with Crippen LogP contribution in [0, 0.1) is 0 Å². The molecule has 1 N–H and O–H groups in total. The van der Waals surface area contributed by atoms with Gasteiger partial charge in [-0.25, -0.2) is 0 Å². The maximum Gasteiger partial charge on any atom is 0.317 e. The van der Waals surface area contributed by atoms with E-state index >= 15 is 0 Å². The summed E-state index contributed by atoms with van der Waals surface area (Å²) in [4.78, 5) is 15.3. The normalized spacial score (nSPS) is 34.3. The number of carboxylic acid groups (broad SMARTS) is 1. The van der Waals surface area contributed by atoms with Gasteiger partial charge < -0.3 is 9.84 Å². The van der Waals surface area contributed by atoms with Gasteiger partial charge in [0.25, 0.3) is 0 Å². The van der Waals surface area contributed by atoms with Crippen molar-refractivity contribution in [3.05, 3.63) is 0 Å². The minimum absolute atomic E-state index is 0.0289. The molecule has 2 unspecified atom stereocenters. The first-order valence-electron chi connectivity index (χ1n) is 7.34. The molecule has 2 aliphatic rings. The predicted molar refractivity (Wildman–Crippen MR) is 73.3 cm³/mol. The van der Waals surface area contributed by atoms with Crippen LogP contribution in [-0.2, 0) is 9.53 Å². The van der Waals surface area contributed by atoms with E-state index in [1.807, 2.05) is 4.90 Å². The Hall–Kier alpha value is -0.650. The van der Waals surface area contributed by atoms with Gasteiger partial charge in [0, 0.05) is 38.8 Å². The molecule has 2 rings (SSSR count). The average molecular weight is 270 g/mol. The molecule has 0 aromatic rings. The average Bonchev–Trinajstić information content (AvgIpc) is 2.39. The number of rotatable bonds is 4. The van der Waals surface area contributed by atoms with E-state index in [1.165, 1.54) is 0 Å². The summed E-state index contributed by atoms with van der Waals surface area (Å²) in [6.45, 7) is 9.13. The number of aliphatic carboxylic acids is 1. The van der Waals surface area contributed by atoms with Crippen molar-refractivity contribution in [2.75, 3.05) is 39.3 Å². The summed E-state index contributed by atoms with van der Waals surface area (Å²) in [7, 11) is 0. The van der Waals surface area contributed by atoms with Crippen LogP contribution < -0.4 is 0 Å². The molecule has 0 spiro atoms. The molecule has 2 heterocycles. The summed E-state index contributed by atoms with van der Waals surface area (Å²) in [5.41, 5.74) is 0.0289. The Morgan fingerprint density at radius 3 is 2.63 bits per heavy atom. The number of carboxylic acids is 1. The molecule has 0 radical (unpaired) electrons. The van der Waals surface area contributed by atoms with E-state index in [2.05, 4.69) is 18.7 Å². The van der Waals surface area contributed by atoms with Crippen LogP contribution in [0.1, 0.15) is 33.1 Å². The summed E-state index contributed by atoms with van der Waals surface area (Å²) < 4.78 is 5.89. The summed E-state index contributed by atoms with van der Waals surface area (Å²) in [5, 5.41) is 8.81. The lowest BCUT2D eigenvalue weighted by molar-refractivity contribution is -0.139. The van der Waals surface area contributed by atoms with Crippen LogP contribution in [0.4, 0.5) is 0 Å². The number of ether oxygens (including phenoxy) is 1. The van der Waals surface area contributed by atoms with Crippen LogP contribution in [0.3, 0.4) is 0 Å². The highest BCUT2D eigenvalue weighted by Gasteiger charge is 2.35. The van der Waals surface area contributed by atoms with Gasteiger partial charge in [0.1, 0.15) is 0 Å². The SMILES string of the molecule is CCC1(C)CC(N2CCN(CC(=O)O)CC2)CCO1. The van der Waals surface area contributed by atoms with Gasteiger partial charge in [-0.05, 0) is 26.2 Å². The molecule has 2 saturated heterocycles. The topological polar surface area (TPSA) is 53.0 Å². The molecule has 2 aliphatic heterocycles. The second-order valence-electron chi connectivity index (χ2n) is 6.00. The minimum atomic E-state index is -0.724. The van der Waals surface area contributed by atoms with E-state index in [9.17, 15) is 4.79 Å². The predicted octanol–water partition coefficient (Wildman–Crippen LogP) is 1.04. The number of hydrogen-bond acceptors (Lipinski definition) is 4. The molecule has 5 heteroatoms. The van der Waals surface area contributed by atoms with E-state index < -0.39 is 5.97 Å². The van der Waals surface area contributed by atoms with E-state index in [0.717, 1.165) is 52.0 Å². The second-order valence-corrected chi connectivity index (χ2v) is 6.00. The van der Waals surface area contributed by atoms with E-state index in [1.54, 1.807) is 0 Å². The second kappa shape index (κ2) is 6.20. The zero-order valence-electron chi connectivity index (χ0n) is 12.1. The summed E-state index contributed by atoms with van der Waals surface area (Å²) >= 11 is 0. The fourth-order valence-electron chi connectivity index (χ4n) is 3.14. The molecule has 5 nitrogen and oxygen atoms in total. The van der Waals surface area contributed by atoms with Gasteiger partial charge in [-0.2, -0.15) is 0 Å². The molecule has 0 aliphatic carbocycles. The maximum absolute atomic E-state index is 10.7. The van der Waals surface area contributed by atoms with Gasteiger partial charge in [0.15, 0.2) is 0 Å². The molecule has 110 valence electrons. The van der Waals surface area contributed by atoms with Crippen LogP contribution in [0.2, 0.25) is 0 Å². The van der Waals surface area contributed by atoms with Crippen molar-refractivity contribution in [3.8, 4) is 0 Å². The van der Waals surface area contributed by atoms with Gasteiger partial charge in [0.05, 0.1) is 12.1 Å². The highest BCUT2D eigenvalue weighted by atomic mass is 16.5. The monoisotopic (exact) mass is 270 g/mol. The standard InChI is InChI=1S/C14H26N2O3/c1-3-14(2)10-12(4-9-19-14)16-7-5-15(6-8-16)11-13(17)18/h12H,3-11H2,1-2H3,(H,17,18). The largest absolute Gasteiger partial charge is 0.480 e. The number of piperazine rings is 1. The first-order chi connectivity index (χ1) is 9.02. The van der Waals surface area contributed by atoms with Gasteiger partial charge >= 0.3 is 5.97 Å². The summed E-state index contributed by atoms with van der Waals surface area (Å²) in [6.07, 6.45) is 3.26. The van der Waals surface area contributed by atoms with Crippen LogP contribution >= 0.6 is 0 Å². The first-order valence-corrected chi connectivity index (χ1v) is 7.34. The van der Waals surface area contributed by atoms with Crippen molar-refractivity contribution in [2.24, 2.45) is 0 Å². The zero-order chi connectivity index (χ0) is 13.9. The Morgan fingerprint density at radius 2 is 2.05 bits per heavy atom. The number of nitrogens with zero attached hydrogens (tertiary/aromatic N) is 2. The molecule has 0 aromatic heterocycles. The van der Waals surface area contributed by atoms with Crippen molar-refractivity contribution in [3.63, 3.8) is 0 Å². The third kappa shape index (κ3) is 3.91. The molecular formula is C14H26N2O3. The highest BCUT2D eigenvalue weighted by Crippen LogP contribution is 2.30. The van der Waals surface area contributed by atoms with Gasteiger partial charge in [-0.1, -0.05) is 6.92 Å². The lowest BCUT2D eigenvalue weighted by atomic mass is 9.89. The Balaban J connectivity index is 1.82. The Bertz CT molecular complexity index is 316. The van der Waals surface area contributed by atoms with E-state index in [4.69, 9.17) is 9.84 Å². The van der Waals surface area contributed by atoms with Crippen LogP contribution in [0.25, 0.3) is 0 Å². The maximum atomic E-state index is 10.7. The van der Waals surface area contributed by atoms with E-state index in [-0.39, 0.29) is 12.1 Å². The Kier molecular flexibility index (Phi) is 4.81. The van der Waals surface area contributed by atoms with Crippen molar-refractivity contribution >= 4 is 5.97 Å². The fourth-order valence-corrected chi connectivity index (χ4v) is 3.14. The Labute approximate surface area is 115 Å². The van der Waals surface area contributed by atoms with Crippen LogP contribution in [-0.4, -0.2) is 71.8 Å². The van der Waals surface area contributed by atoms with Crippen molar-refractivity contribution in [2.45, 2.75) is 44.8 Å². The summed E-state index contributed by atoms with van der Waals surface area (Å²) in [6, 6.07) is 0.602. The Morgan fingerprint density at radius 1 is 1.37 bits per heavy atom. The lowest BCUT2D eigenvalue weighted by Gasteiger charge is -2.45. The third-order valence-electron chi connectivity index (χ3n) is 4.60. The first kappa shape index (κ1) is 14.8. The van der Waals surface area contributed by atoms with Crippen LogP contribution in [0.5, 0.6) is 0 Å². The number of carbonyl (C=O) groups is 1. The van der Waals surface area contributed by atoms with Crippen molar-refractivity contribution in [1.29, 1.82) is 0 Å². The zero-order valence-corrected chi connectivity index (χ0v) is 12.1. The van der Waals surface area contributed by atoms with Gasteiger partial charge in [-0.3, -0.25) is 14.6 Å². The minimum Gasteiger partial charge on any atom is -0.480 e. The van der Waals surface area contributed by atoms with Crippen LogP contribution in [0.15, 0.2) is 0 Å². The smallest absolute Gasteiger partial charge is 0.317 e. The van der Waals surface area contributed by atoms with Gasteiger partial charge in [0.2, 0.25) is 0 Å². The molecule has 0 aromatic carbocycles. The molecule has 2 atom stereocenters. The summed E-state index contributed by atoms with van der Waals surface area (Å²) in [5.74, 6) is -0.724. The van der Waals surface area contributed by atoms with Crippen molar-refractivity contribution < 1.29 is 14.6 Å². The third-order valence-corrected chi connectivity index (χ3v) is 4.60. The molecule has 0 bridgehead atoms. The number of hydrogen-bond donors (Lipinski definition) is 1. The molecule has 19 heavy (non-hydrogen) atoms. The molecule has 0 saturated carbocycles. The highest BCUT2D eigenvalue weighted by molar-refractivity contribution is 5.69. The lowest BCUT2D eigenvalue weighted by Crippen LogP contribution is -2.54. The molecular weight excluding hydrogens is 244 g/mol. The fraction of sp³-hybridized carbons (Fsp3) is 0.929. The van der Waals surface area contributed by atoms with E-state index in [0.29, 0.717) is 6.04 Å².